The maximum atomic E-state index is 11.9. The van der Waals surface area contributed by atoms with Crippen LogP contribution in [0.3, 0.4) is 0 Å². The first-order valence-corrected chi connectivity index (χ1v) is 8.74. The Morgan fingerprint density at radius 1 is 1.25 bits per heavy atom. The van der Waals surface area contributed by atoms with Crippen LogP contribution in [0.2, 0.25) is 0 Å². The van der Waals surface area contributed by atoms with E-state index in [9.17, 15) is 21.6 Å². The highest BCUT2D eigenvalue weighted by molar-refractivity contribution is 7.89. The number of nitrogens with one attached hydrogen (secondary N) is 2. The van der Waals surface area contributed by atoms with Gasteiger partial charge >= 0.3 is 5.97 Å². The van der Waals surface area contributed by atoms with Crippen LogP contribution in [-0.2, 0) is 27.1 Å². The quantitative estimate of drug-likeness (QED) is 0.525. The van der Waals surface area contributed by atoms with Gasteiger partial charge in [-0.2, -0.15) is 0 Å². The minimum Gasteiger partial charge on any atom is -0.477 e. The van der Waals surface area contributed by atoms with Crippen LogP contribution in [-0.4, -0.2) is 51.8 Å². The smallest absolute Gasteiger partial charge is 0.352 e. The number of aromatic nitrogens is 1. The van der Waals surface area contributed by atoms with E-state index < -0.39 is 26.0 Å². The Morgan fingerprint density at radius 3 is 2.25 bits per heavy atom. The van der Waals surface area contributed by atoms with Crippen LogP contribution in [0.1, 0.15) is 10.5 Å². The second kappa shape index (κ2) is 5.91. The molecule has 9 nitrogen and oxygen atoms in total. The molecule has 0 aliphatic heterocycles. The third kappa shape index (κ3) is 4.59. The zero-order valence-electron chi connectivity index (χ0n) is 10.8. The van der Waals surface area contributed by atoms with E-state index in [2.05, 4.69) is 9.44 Å². The number of carbonyl (C=O) groups is 1. The van der Waals surface area contributed by atoms with Gasteiger partial charge in [-0.05, 0) is 6.07 Å². The fourth-order valence-corrected chi connectivity index (χ4v) is 2.97. The highest BCUT2D eigenvalue weighted by Gasteiger charge is 2.19. The highest BCUT2D eigenvalue weighted by atomic mass is 32.2. The average Bonchev–Trinajstić information content (AvgIpc) is 2.66. The van der Waals surface area contributed by atoms with Crippen molar-refractivity contribution in [1.82, 2.24) is 14.0 Å². The summed E-state index contributed by atoms with van der Waals surface area (Å²) in [5, 5.41) is 8.84. The summed E-state index contributed by atoms with van der Waals surface area (Å²) in [6, 6.07) is 1.02. The minimum absolute atomic E-state index is 0.101. The van der Waals surface area contributed by atoms with Crippen LogP contribution in [0.25, 0.3) is 0 Å². The largest absolute Gasteiger partial charge is 0.477 e. The predicted molar refractivity (Wildman–Crippen MR) is 70.4 cm³/mol. The van der Waals surface area contributed by atoms with Crippen LogP contribution < -0.4 is 9.44 Å². The Bertz CT molecular complexity index is 704. The van der Waals surface area contributed by atoms with Crippen molar-refractivity contribution in [2.45, 2.75) is 4.90 Å². The summed E-state index contributed by atoms with van der Waals surface area (Å²) in [5.74, 6) is -1.24. The molecule has 0 aliphatic carbocycles. The van der Waals surface area contributed by atoms with Crippen LogP contribution >= 0.6 is 0 Å². The van der Waals surface area contributed by atoms with E-state index >= 15 is 0 Å². The molecule has 1 rings (SSSR count). The number of hydrogen-bond donors (Lipinski definition) is 3. The van der Waals surface area contributed by atoms with E-state index in [1.54, 1.807) is 0 Å². The summed E-state index contributed by atoms with van der Waals surface area (Å²) in [7, 11) is -5.86. The number of aryl methyl sites for hydroxylation is 1. The molecule has 0 amide bonds. The van der Waals surface area contributed by atoms with Crippen molar-refractivity contribution in [2.24, 2.45) is 7.05 Å². The molecule has 0 unspecified atom stereocenters. The molecule has 0 saturated heterocycles. The van der Waals surface area contributed by atoms with Gasteiger partial charge in [0.15, 0.2) is 0 Å². The van der Waals surface area contributed by atoms with E-state index in [4.69, 9.17) is 5.11 Å². The van der Waals surface area contributed by atoms with Crippen molar-refractivity contribution < 1.29 is 26.7 Å². The van der Waals surface area contributed by atoms with Crippen LogP contribution in [0.15, 0.2) is 17.2 Å². The number of hydrogen-bond acceptors (Lipinski definition) is 5. The molecule has 0 saturated carbocycles. The lowest BCUT2D eigenvalue weighted by Gasteiger charge is -2.05. The molecule has 3 N–H and O–H groups in total. The number of sulfonamides is 2. The third-order valence-electron chi connectivity index (χ3n) is 2.29. The molecule has 0 aromatic carbocycles. The number of rotatable bonds is 7. The van der Waals surface area contributed by atoms with Crippen LogP contribution in [0.4, 0.5) is 0 Å². The summed E-state index contributed by atoms with van der Waals surface area (Å²) in [5.41, 5.74) is -0.167. The molecule has 11 heteroatoms. The maximum Gasteiger partial charge on any atom is 0.352 e. The minimum atomic E-state index is -3.88. The van der Waals surface area contributed by atoms with Gasteiger partial charge in [0.25, 0.3) is 0 Å². The number of carboxylic acids is 1. The fraction of sp³-hybridized carbons (Fsp3) is 0.444. The van der Waals surface area contributed by atoms with Crippen LogP contribution in [0, 0.1) is 0 Å². The first-order valence-electron chi connectivity index (χ1n) is 5.37. The first kappa shape index (κ1) is 16.6. The van der Waals surface area contributed by atoms with E-state index in [1.807, 2.05) is 0 Å². The van der Waals surface area contributed by atoms with E-state index in [-0.39, 0.29) is 23.7 Å². The van der Waals surface area contributed by atoms with Crippen molar-refractivity contribution in [2.75, 3.05) is 19.3 Å². The summed E-state index contributed by atoms with van der Waals surface area (Å²) in [6.07, 6.45) is 2.12. The molecule has 1 heterocycles. The fourth-order valence-electron chi connectivity index (χ4n) is 1.40. The monoisotopic (exact) mass is 325 g/mol. The topological polar surface area (TPSA) is 135 Å². The Hall–Kier alpha value is -1.43. The number of aromatic carboxylic acids is 1. The normalized spacial score (nSPS) is 12.5. The highest BCUT2D eigenvalue weighted by Crippen LogP contribution is 2.13. The van der Waals surface area contributed by atoms with Gasteiger partial charge in [0, 0.05) is 26.3 Å². The van der Waals surface area contributed by atoms with Crippen molar-refractivity contribution in [3.8, 4) is 0 Å². The lowest BCUT2D eigenvalue weighted by molar-refractivity contribution is 0.0686. The van der Waals surface area contributed by atoms with Gasteiger partial charge in [-0.15, -0.1) is 0 Å². The SMILES string of the molecule is Cn1cc(S(=O)(=O)NCCNS(C)(=O)=O)cc1C(=O)O. The summed E-state index contributed by atoms with van der Waals surface area (Å²) in [6.45, 7) is -0.247. The summed E-state index contributed by atoms with van der Waals surface area (Å²) in [4.78, 5) is 10.6. The van der Waals surface area contributed by atoms with E-state index in [1.165, 1.54) is 11.6 Å². The van der Waals surface area contributed by atoms with Gasteiger partial charge in [0.1, 0.15) is 10.6 Å². The standard InChI is InChI=1S/C9H15N3O6S2/c1-12-6-7(5-8(12)9(13)14)20(17,18)11-4-3-10-19(2,15)16/h5-6,10-11H,3-4H2,1-2H3,(H,13,14). The summed E-state index contributed by atoms with van der Waals surface area (Å²) < 4.78 is 50.7. The molecule has 1 aromatic heterocycles. The van der Waals surface area contributed by atoms with Crippen molar-refractivity contribution >= 4 is 26.0 Å². The van der Waals surface area contributed by atoms with Gasteiger partial charge < -0.3 is 9.67 Å². The lowest BCUT2D eigenvalue weighted by Crippen LogP contribution is -2.34. The molecule has 0 atom stereocenters. The van der Waals surface area contributed by atoms with Crippen molar-refractivity contribution in [3.05, 3.63) is 18.0 Å². The second-order valence-corrected chi connectivity index (χ2v) is 7.64. The second-order valence-electron chi connectivity index (χ2n) is 4.04. The molecule has 20 heavy (non-hydrogen) atoms. The van der Waals surface area contributed by atoms with Gasteiger partial charge in [-0.1, -0.05) is 0 Å². The Labute approximate surface area is 116 Å². The van der Waals surface area contributed by atoms with E-state index in [0.29, 0.717) is 0 Å². The molecular formula is C9H15N3O6S2. The van der Waals surface area contributed by atoms with Gasteiger partial charge in [0.2, 0.25) is 20.0 Å². The summed E-state index contributed by atoms with van der Waals surface area (Å²) >= 11 is 0. The zero-order chi connectivity index (χ0) is 15.6. The molecule has 0 fully saturated rings. The molecule has 1 aromatic rings. The van der Waals surface area contributed by atoms with Gasteiger partial charge in [0.05, 0.1) is 6.26 Å². The molecular weight excluding hydrogens is 310 g/mol. The Morgan fingerprint density at radius 2 is 1.80 bits per heavy atom. The zero-order valence-corrected chi connectivity index (χ0v) is 12.5. The van der Waals surface area contributed by atoms with E-state index in [0.717, 1.165) is 18.5 Å². The third-order valence-corrected chi connectivity index (χ3v) is 4.45. The molecule has 0 aliphatic rings. The number of carboxylic acid groups (broad SMARTS) is 1. The average molecular weight is 325 g/mol. The first-order chi connectivity index (χ1) is 9.03. The van der Waals surface area contributed by atoms with Gasteiger partial charge in [-0.25, -0.2) is 31.1 Å². The molecule has 0 radical (unpaired) electrons. The maximum absolute atomic E-state index is 11.9. The molecule has 0 spiro atoms. The van der Waals surface area contributed by atoms with Crippen molar-refractivity contribution in [3.63, 3.8) is 0 Å². The van der Waals surface area contributed by atoms with Crippen molar-refractivity contribution in [1.29, 1.82) is 0 Å². The Kier molecular flexibility index (Phi) is 4.91. The number of nitrogens with zero attached hydrogens (tertiary/aromatic N) is 1. The lowest BCUT2D eigenvalue weighted by atomic mass is 10.4. The molecule has 114 valence electrons. The molecule has 0 bridgehead atoms. The Balaban J connectivity index is 2.75. The van der Waals surface area contributed by atoms with Gasteiger partial charge in [-0.3, -0.25) is 0 Å². The predicted octanol–water partition coefficient (Wildman–Crippen LogP) is -1.45. The van der Waals surface area contributed by atoms with Crippen LogP contribution in [0.5, 0.6) is 0 Å².